The molecule has 0 spiro atoms. The van der Waals surface area contributed by atoms with Gasteiger partial charge < -0.3 is 25.4 Å². The van der Waals surface area contributed by atoms with Gasteiger partial charge in [0.05, 0.1) is 13.7 Å². The van der Waals surface area contributed by atoms with E-state index in [0.29, 0.717) is 6.61 Å². The zero-order valence-electron chi connectivity index (χ0n) is 18.8. The lowest BCUT2D eigenvalue weighted by molar-refractivity contribution is 0.310. The van der Waals surface area contributed by atoms with Gasteiger partial charge in [0.2, 0.25) is 0 Å². The van der Waals surface area contributed by atoms with Crippen molar-refractivity contribution in [1.82, 2.24) is 15.6 Å². The Labute approximate surface area is 203 Å². The number of methoxy groups -OCH3 is 1. The van der Waals surface area contributed by atoms with Gasteiger partial charge in [0.25, 0.3) is 0 Å². The van der Waals surface area contributed by atoms with E-state index in [1.165, 1.54) is 5.56 Å². The van der Waals surface area contributed by atoms with Crippen molar-refractivity contribution in [3.63, 3.8) is 0 Å². The lowest BCUT2D eigenvalue weighted by Gasteiger charge is -2.13. The molecule has 0 saturated heterocycles. The molecule has 0 radical (unpaired) electrons. The number of unbranched alkanes of at least 4 members (excludes halogenated alkanes) is 1. The van der Waals surface area contributed by atoms with Gasteiger partial charge in [-0.3, -0.25) is 4.99 Å². The Morgan fingerprint density at radius 1 is 1.00 bits per heavy atom. The lowest BCUT2D eigenvalue weighted by atomic mass is 10.1. The van der Waals surface area contributed by atoms with E-state index in [-0.39, 0.29) is 24.0 Å². The molecule has 2 aromatic rings. The van der Waals surface area contributed by atoms with E-state index >= 15 is 0 Å². The molecule has 3 N–H and O–H groups in total. The first-order valence-corrected chi connectivity index (χ1v) is 10.7. The minimum atomic E-state index is 0. The van der Waals surface area contributed by atoms with Crippen LogP contribution in [0, 0.1) is 0 Å². The summed E-state index contributed by atoms with van der Waals surface area (Å²) < 4.78 is 11.0. The molecule has 172 valence electrons. The van der Waals surface area contributed by atoms with Crippen LogP contribution in [-0.2, 0) is 6.42 Å². The zero-order chi connectivity index (χ0) is 21.4. The van der Waals surface area contributed by atoms with Crippen LogP contribution in [0.1, 0.15) is 31.7 Å². The van der Waals surface area contributed by atoms with Gasteiger partial charge in [0.1, 0.15) is 5.82 Å². The molecule has 0 saturated carbocycles. The standard InChI is InChI=1S/C23H35N5O2.HI/c1-4-30-21-18-19(12-13-20(21)29-3)10-9-17-28-23(24-2)27-16-8-7-15-26-22-11-5-6-14-25-22;/h5-6,11-14,18H,4,7-10,15-17H2,1-3H3,(H,25,26)(H2,24,27,28);1H. The fourth-order valence-corrected chi connectivity index (χ4v) is 3.01. The topological polar surface area (TPSA) is 79.8 Å². The summed E-state index contributed by atoms with van der Waals surface area (Å²) in [5.41, 5.74) is 1.24. The van der Waals surface area contributed by atoms with E-state index in [9.17, 15) is 0 Å². The number of aryl methyl sites for hydroxylation is 1. The van der Waals surface area contributed by atoms with Gasteiger partial charge in [0, 0.05) is 32.9 Å². The van der Waals surface area contributed by atoms with Gasteiger partial charge in [-0.05, 0) is 62.4 Å². The van der Waals surface area contributed by atoms with Crippen molar-refractivity contribution in [3.05, 3.63) is 48.2 Å². The van der Waals surface area contributed by atoms with E-state index in [1.54, 1.807) is 20.4 Å². The van der Waals surface area contributed by atoms with Crippen LogP contribution in [0.25, 0.3) is 0 Å². The molecule has 0 fully saturated rings. The molecule has 0 atom stereocenters. The van der Waals surface area contributed by atoms with E-state index in [1.807, 2.05) is 31.2 Å². The number of ether oxygens (including phenoxy) is 2. The molecule has 0 aliphatic rings. The second-order valence-electron chi connectivity index (χ2n) is 6.80. The third-order valence-corrected chi connectivity index (χ3v) is 4.55. The molecular formula is C23H36IN5O2. The van der Waals surface area contributed by atoms with Gasteiger partial charge in [-0.1, -0.05) is 12.1 Å². The number of aromatic nitrogens is 1. The third-order valence-electron chi connectivity index (χ3n) is 4.55. The average Bonchev–Trinajstić information content (AvgIpc) is 2.78. The minimum absolute atomic E-state index is 0. The number of nitrogens with zero attached hydrogens (tertiary/aromatic N) is 2. The Kier molecular flexibility index (Phi) is 14.2. The van der Waals surface area contributed by atoms with Gasteiger partial charge in [0.15, 0.2) is 17.5 Å². The molecule has 1 aromatic carbocycles. The maximum atomic E-state index is 5.65. The molecule has 8 heteroatoms. The fourth-order valence-electron chi connectivity index (χ4n) is 3.01. The van der Waals surface area contributed by atoms with E-state index in [4.69, 9.17) is 9.47 Å². The monoisotopic (exact) mass is 541 g/mol. The summed E-state index contributed by atoms with van der Waals surface area (Å²) in [5, 5.41) is 10.1. The highest BCUT2D eigenvalue weighted by atomic mass is 127. The Morgan fingerprint density at radius 2 is 1.77 bits per heavy atom. The van der Waals surface area contributed by atoms with Crippen molar-refractivity contribution >= 4 is 35.8 Å². The van der Waals surface area contributed by atoms with E-state index in [2.05, 4.69) is 38.1 Å². The average molecular weight is 541 g/mol. The zero-order valence-corrected chi connectivity index (χ0v) is 21.1. The fraction of sp³-hybridized carbons (Fsp3) is 0.478. The van der Waals surface area contributed by atoms with E-state index in [0.717, 1.165) is 68.6 Å². The molecule has 31 heavy (non-hydrogen) atoms. The van der Waals surface area contributed by atoms with Crippen molar-refractivity contribution in [2.45, 2.75) is 32.6 Å². The maximum Gasteiger partial charge on any atom is 0.190 e. The summed E-state index contributed by atoms with van der Waals surface area (Å²) in [7, 11) is 3.47. The summed E-state index contributed by atoms with van der Waals surface area (Å²) in [4.78, 5) is 8.55. The molecule has 0 unspecified atom stereocenters. The Hall–Kier alpha value is -2.23. The van der Waals surface area contributed by atoms with Crippen LogP contribution in [-0.4, -0.2) is 51.3 Å². The number of hydrogen-bond acceptors (Lipinski definition) is 5. The number of aliphatic imine (C=N–C) groups is 1. The summed E-state index contributed by atoms with van der Waals surface area (Å²) in [5.74, 6) is 3.35. The van der Waals surface area contributed by atoms with Crippen LogP contribution < -0.4 is 25.4 Å². The van der Waals surface area contributed by atoms with Crippen molar-refractivity contribution in [3.8, 4) is 11.5 Å². The van der Waals surface area contributed by atoms with Crippen molar-refractivity contribution in [2.24, 2.45) is 4.99 Å². The second-order valence-corrected chi connectivity index (χ2v) is 6.80. The van der Waals surface area contributed by atoms with Gasteiger partial charge >= 0.3 is 0 Å². The first-order chi connectivity index (χ1) is 14.8. The van der Waals surface area contributed by atoms with Crippen molar-refractivity contribution in [1.29, 1.82) is 0 Å². The smallest absolute Gasteiger partial charge is 0.190 e. The van der Waals surface area contributed by atoms with E-state index < -0.39 is 0 Å². The van der Waals surface area contributed by atoms with Crippen LogP contribution in [0.5, 0.6) is 11.5 Å². The first kappa shape index (κ1) is 26.8. The number of guanidine groups is 1. The van der Waals surface area contributed by atoms with Gasteiger partial charge in [-0.15, -0.1) is 24.0 Å². The summed E-state index contributed by atoms with van der Waals surface area (Å²) in [6.07, 6.45) is 5.90. The minimum Gasteiger partial charge on any atom is -0.493 e. The largest absolute Gasteiger partial charge is 0.493 e. The number of rotatable bonds is 13. The highest BCUT2D eigenvalue weighted by Gasteiger charge is 2.05. The third kappa shape index (κ3) is 10.6. The Morgan fingerprint density at radius 3 is 2.45 bits per heavy atom. The van der Waals surface area contributed by atoms with Crippen LogP contribution in [0.15, 0.2) is 47.6 Å². The molecule has 2 rings (SSSR count). The molecule has 0 amide bonds. The Balaban J connectivity index is 0.00000480. The van der Waals surface area contributed by atoms with Crippen LogP contribution >= 0.6 is 24.0 Å². The van der Waals surface area contributed by atoms with Crippen LogP contribution in [0.4, 0.5) is 5.82 Å². The van der Waals surface area contributed by atoms with Gasteiger partial charge in [-0.2, -0.15) is 0 Å². The first-order valence-electron chi connectivity index (χ1n) is 10.7. The maximum absolute atomic E-state index is 5.65. The second kappa shape index (κ2) is 16.5. The molecule has 1 heterocycles. The highest BCUT2D eigenvalue weighted by Crippen LogP contribution is 2.28. The number of pyridine rings is 1. The van der Waals surface area contributed by atoms with Crippen molar-refractivity contribution < 1.29 is 9.47 Å². The van der Waals surface area contributed by atoms with Crippen LogP contribution in [0.2, 0.25) is 0 Å². The number of halogens is 1. The summed E-state index contributed by atoms with van der Waals surface area (Å²) in [6.45, 7) is 5.27. The normalized spacial score (nSPS) is 10.7. The predicted molar refractivity (Wildman–Crippen MR) is 139 cm³/mol. The molecule has 0 bridgehead atoms. The quantitative estimate of drug-likeness (QED) is 0.154. The molecule has 7 nitrogen and oxygen atoms in total. The lowest BCUT2D eigenvalue weighted by Crippen LogP contribution is -2.38. The number of benzene rings is 1. The summed E-state index contributed by atoms with van der Waals surface area (Å²) >= 11 is 0. The number of hydrogen-bond donors (Lipinski definition) is 3. The van der Waals surface area contributed by atoms with Gasteiger partial charge in [-0.25, -0.2) is 4.98 Å². The number of anilines is 1. The highest BCUT2D eigenvalue weighted by molar-refractivity contribution is 14.0. The Bertz CT molecular complexity index is 759. The predicted octanol–water partition coefficient (Wildman–Crippen LogP) is 4.10. The van der Waals surface area contributed by atoms with Crippen LogP contribution in [0.3, 0.4) is 0 Å². The molecular weight excluding hydrogens is 505 g/mol. The number of nitrogens with one attached hydrogen (secondary N) is 3. The summed E-state index contributed by atoms with van der Waals surface area (Å²) in [6, 6.07) is 12.0. The SMILES string of the molecule is CCOc1cc(CCCNC(=NC)NCCCCNc2ccccn2)ccc1OC.I. The molecule has 1 aromatic heterocycles. The molecule has 0 aliphatic heterocycles. The van der Waals surface area contributed by atoms with Crippen molar-refractivity contribution in [2.75, 3.05) is 45.7 Å². The molecule has 0 aliphatic carbocycles.